The normalized spacial score (nSPS) is 24.7. The molecule has 0 bridgehead atoms. The highest BCUT2D eigenvalue weighted by Gasteiger charge is 2.43. The van der Waals surface area contributed by atoms with E-state index in [0.717, 1.165) is 0 Å². The van der Waals surface area contributed by atoms with E-state index in [0.29, 0.717) is 13.0 Å². The first-order valence-electron chi connectivity index (χ1n) is 4.68. The van der Waals surface area contributed by atoms with Crippen LogP contribution >= 0.6 is 0 Å². The highest BCUT2D eigenvalue weighted by Crippen LogP contribution is 2.27. The predicted octanol–water partition coefficient (Wildman–Crippen LogP) is 0.717. The molecular weight excluding hydrogens is 229 g/mol. The molecule has 0 aliphatic carbocycles. The molecule has 0 spiro atoms. The quantitative estimate of drug-likeness (QED) is 0.329. The van der Waals surface area contributed by atoms with Crippen LogP contribution in [0.5, 0.6) is 0 Å². The lowest BCUT2D eigenvalue weighted by atomic mass is 10.1. The molecule has 5 nitrogen and oxygen atoms in total. The van der Waals surface area contributed by atoms with Crippen LogP contribution in [-0.2, 0) is 9.47 Å². The van der Waals surface area contributed by atoms with Crippen molar-refractivity contribution in [3.05, 3.63) is 0 Å². The number of rotatable bonds is 4. The van der Waals surface area contributed by atoms with Crippen LogP contribution in [0.1, 0.15) is 6.42 Å². The third-order valence-electron chi connectivity index (χ3n) is 2.25. The zero-order chi connectivity index (χ0) is 12.2. The summed E-state index contributed by atoms with van der Waals surface area (Å²) in [5.74, 6) is -2.98. The van der Waals surface area contributed by atoms with E-state index in [9.17, 15) is 13.2 Å². The van der Waals surface area contributed by atoms with E-state index in [-0.39, 0.29) is 12.7 Å². The van der Waals surface area contributed by atoms with Gasteiger partial charge in [-0.1, -0.05) is 5.16 Å². The second-order valence-corrected chi connectivity index (χ2v) is 3.44. The van der Waals surface area contributed by atoms with Gasteiger partial charge in [-0.25, -0.2) is 0 Å². The van der Waals surface area contributed by atoms with E-state index in [1.807, 2.05) is 0 Å². The highest BCUT2D eigenvalue weighted by atomic mass is 19.4. The van der Waals surface area contributed by atoms with E-state index < -0.39 is 24.5 Å². The number of hydrogen-bond acceptors (Lipinski definition) is 4. The van der Waals surface area contributed by atoms with Crippen LogP contribution in [-0.4, -0.2) is 43.1 Å². The highest BCUT2D eigenvalue weighted by molar-refractivity contribution is 5.83. The van der Waals surface area contributed by atoms with Gasteiger partial charge in [-0.05, 0) is 6.42 Å². The number of alkyl halides is 3. The van der Waals surface area contributed by atoms with Gasteiger partial charge in [0.1, 0.15) is 5.92 Å². The molecule has 0 amide bonds. The van der Waals surface area contributed by atoms with Crippen molar-refractivity contribution in [3.63, 3.8) is 0 Å². The Balaban J connectivity index is 2.50. The monoisotopic (exact) mass is 242 g/mol. The van der Waals surface area contributed by atoms with Crippen LogP contribution in [0.15, 0.2) is 5.16 Å². The summed E-state index contributed by atoms with van der Waals surface area (Å²) in [6.45, 7) is 0.0963. The SMILES string of the molecule is NC(=NO)C(COC1CCOC1)C(F)(F)F. The summed E-state index contributed by atoms with van der Waals surface area (Å²) in [6.07, 6.45) is -4.38. The van der Waals surface area contributed by atoms with Gasteiger partial charge in [0, 0.05) is 6.61 Å². The minimum atomic E-state index is -4.59. The molecule has 1 heterocycles. The number of oxime groups is 1. The van der Waals surface area contributed by atoms with E-state index in [2.05, 4.69) is 5.16 Å². The summed E-state index contributed by atoms with van der Waals surface area (Å²) in [6, 6.07) is 0. The molecule has 8 heteroatoms. The third-order valence-corrected chi connectivity index (χ3v) is 2.25. The smallest absolute Gasteiger partial charge is 0.401 e. The zero-order valence-electron chi connectivity index (χ0n) is 8.41. The van der Waals surface area contributed by atoms with Crippen molar-refractivity contribution < 1.29 is 27.9 Å². The summed E-state index contributed by atoms with van der Waals surface area (Å²) in [5, 5.41) is 10.6. The number of hydrogen-bond donors (Lipinski definition) is 2. The van der Waals surface area contributed by atoms with Crippen molar-refractivity contribution in [2.24, 2.45) is 16.8 Å². The number of amidine groups is 1. The summed E-state index contributed by atoms with van der Waals surface area (Å²) in [5.41, 5.74) is 4.96. The lowest BCUT2D eigenvalue weighted by molar-refractivity contribution is -0.172. The Morgan fingerprint density at radius 2 is 2.31 bits per heavy atom. The fourth-order valence-electron chi connectivity index (χ4n) is 1.29. The Morgan fingerprint density at radius 1 is 1.62 bits per heavy atom. The molecule has 0 aromatic carbocycles. The molecule has 0 radical (unpaired) electrons. The maximum atomic E-state index is 12.4. The van der Waals surface area contributed by atoms with Crippen molar-refractivity contribution in [2.45, 2.75) is 18.7 Å². The fraction of sp³-hybridized carbons (Fsp3) is 0.875. The molecule has 0 aromatic heterocycles. The van der Waals surface area contributed by atoms with Crippen LogP contribution in [0.4, 0.5) is 13.2 Å². The van der Waals surface area contributed by atoms with Crippen LogP contribution in [0.2, 0.25) is 0 Å². The molecule has 1 aliphatic rings. The van der Waals surface area contributed by atoms with Crippen LogP contribution in [0.25, 0.3) is 0 Å². The Labute approximate surface area is 90.0 Å². The Kier molecular flexibility index (Phi) is 4.36. The molecule has 0 saturated carbocycles. The summed E-state index contributed by atoms with van der Waals surface area (Å²) >= 11 is 0. The molecule has 3 N–H and O–H groups in total. The van der Waals surface area contributed by atoms with E-state index in [4.69, 9.17) is 20.4 Å². The first-order valence-corrected chi connectivity index (χ1v) is 4.68. The van der Waals surface area contributed by atoms with Gasteiger partial charge in [0.25, 0.3) is 0 Å². The first-order chi connectivity index (χ1) is 7.45. The maximum absolute atomic E-state index is 12.4. The summed E-state index contributed by atoms with van der Waals surface area (Å²) in [4.78, 5) is 0. The number of nitrogens with two attached hydrogens (primary N) is 1. The Morgan fingerprint density at radius 3 is 2.75 bits per heavy atom. The molecule has 0 aromatic rings. The molecule has 2 unspecified atom stereocenters. The first kappa shape index (κ1) is 13.0. The predicted molar refractivity (Wildman–Crippen MR) is 48.1 cm³/mol. The van der Waals surface area contributed by atoms with Gasteiger partial charge in [0.05, 0.1) is 19.3 Å². The lowest BCUT2D eigenvalue weighted by Crippen LogP contribution is -2.40. The van der Waals surface area contributed by atoms with Crippen molar-refractivity contribution in [1.29, 1.82) is 0 Å². The molecule has 1 aliphatic heterocycles. The Bertz CT molecular complexity index is 251. The average Bonchev–Trinajstić information content (AvgIpc) is 2.68. The molecule has 1 saturated heterocycles. The standard InChI is InChI=1S/C8H13F3N2O3/c9-8(10,11)6(7(12)13-14)4-16-5-1-2-15-3-5/h5-6,14H,1-4H2,(H2,12,13). The molecule has 94 valence electrons. The number of nitrogens with zero attached hydrogens (tertiary/aromatic N) is 1. The lowest BCUT2D eigenvalue weighted by Gasteiger charge is -2.20. The van der Waals surface area contributed by atoms with E-state index in [1.54, 1.807) is 0 Å². The molecule has 1 rings (SSSR count). The van der Waals surface area contributed by atoms with Gasteiger partial charge >= 0.3 is 6.18 Å². The van der Waals surface area contributed by atoms with Crippen molar-refractivity contribution in [1.82, 2.24) is 0 Å². The Hall–Kier alpha value is -1.02. The van der Waals surface area contributed by atoms with Gasteiger partial charge < -0.3 is 20.4 Å². The van der Waals surface area contributed by atoms with Crippen molar-refractivity contribution in [2.75, 3.05) is 19.8 Å². The zero-order valence-corrected chi connectivity index (χ0v) is 8.41. The fourth-order valence-corrected chi connectivity index (χ4v) is 1.29. The van der Waals surface area contributed by atoms with Gasteiger partial charge in [-0.2, -0.15) is 13.2 Å². The molecule has 16 heavy (non-hydrogen) atoms. The summed E-state index contributed by atoms with van der Waals surface area (Å²) in [7, 11) is 0. The minimum Gasteiger partial charge on any atom is -0.409 e. The second-order valence-electron chi connectivity index (χ2n) is 3.44. The van der Waals surface area contributed by atoms with Crippen LogP contribution in [0.3, 0.4) is 0 Å². The van der Waals surface area contributed by atoms with Crippen molar-refractivity contribution in [3.8, 4) is 0 Å². The largest absolute Gasteiger partial charge is 0.409 e. The molecule has 1 fully saturated rings. The van der Waals surface area contributed by atoms with Gasteiger partial charge in [-0.15, -0.1) is 0 Å². The third kappa shape index (κ3) is 3.53. The maximum Gasteiger partial charge on any atom is 0.401 e. The minimum absolute atomic E-state index is 0.279. The van der Waals surface area contributed by atoms with Gasteiger partial charge in [0.2, 0.25) is 0 Å². The van der Waals surface area contributed by atoms with Crippen LogP contribution in [0, 0.1) is 5.92 Å². The molecular formula is C8H13F3N2O3. The van der Waals surface area contributed by atoms with E-state index in [1.165, 1.54) is 0 Å². The van der Waals surface area contributed by atoms with Gasteiger partial charge in [0.15, 0.2) is 5.84 Å². The second kappa shape index (κ2) is 5.35. The molecule has 2 atom stereocenters. The topological polar surface area (TPSA) is 77.1 Å². The van der Waals surface area contributed by atoms with Gasteiger partial charge in [-0.3, -0.25) is 0 Å². The average molecular weight is 242 g/mol. The van der Waals surface area contributed by atoms with Crippen molar-refractivity contribution >= 4 is 5.84 Å². The number of ether oxygens (including phenoxy) is 2. The number of halogens is 3. The van der Waals surface area contributed by atoms with E-state index >= 15 is 0 Å². The summed E-state index contributed by atoms with van der Waals surface area (Å²) < 4.78 is 47.3. The van der Waals surface area contributed by atoms with Crippen LogP contribution < -0.4 is 5.73 Å².